The van der Waals surface area contributed by atoms with E-state index in [1.54, 1.807) is 0 Å². The summed E-state index contributed by atoms with van der Waals surface area (Å²) in [6.07, 6.45) is 2.69. The van der Waals surface area contributed by atoms with Crippen molar-refractivity contribution in [1.29, 1.82) is 0 Å². The summed E-state index contributed by atoms with van der Waals surface area (Å²) >= 11 is 2.10. The van der Waals surface area contributed by atoms with Crippen LogP contribution in [0.25, 0.3) is 0 Å². The molecule has 1 heterocycles. The van der Waals surface area contributed by atoms with Gasteiger partial charge in [0.15, 0.2) is 0 Å². The zero-order valence-electron chi connectivity index (χ0n) is 6.18. The molecule has 0 spiro atoms. The number of thioether (sulfide) groups is 1. The molecule has 2 atom stereocenters. The van der Waals surface area contributed by atoms with Gasteiger partial charge in [-0.3, -0.25) is 0 Å². The van der Waals surface area contributed by atoms with Gasteiger partial charge in [-0.2, -0.15) is 11.8 Å². The Labute approximate surface area is 61.6 Å². The van der Waals surface area contributed by atoms with E-state index >= 15 is 0 Å². The second-order valence-electron chi connectivity index (χ2n) is 2.50. The van der Waals surface area contributed by atoms with Crippen molar-refractivity contribution in [1.82, 2.24) is 5.32 Å². The molecule has 1 rings (SSSR count). The summed E-state index contributed by atoms with van der Waals surface area (Å²) in [5, 5.41) is 4.25. The van der Waals surface area contributed by atoms with Crippen LogP contribution in [-0.2, 0) is 0 Å². The third kappa shape index (κ3) is 1.62. The van der Waals surface area contributed by atoms with Crippen LogP contribution in [0.1, 0.15) is 19.8 Å². The molecule has 9 heavy (non-hydrogen) atoms. The lowest BCUT2D eigenvalue weighted by Crippen LogP contribution is -2.39. The van der Waals surface area contributed by atoms with E-state index in [1.807, 2.05) is 0 Å². The maximum atomic E-state index is 3.33. The SMILES string of the molecule is CCC(NC)C1CCS1. The van der Waals surface area contributed by atoms with Crippen LogP contribution in [0.5, 0.6) is 0 Å². The Morgan fingerprint density at radius 1 is 1.78 bits per heavy atom. The van der Waals surface area contributed by atoms with E-state index in [1.165, 1.54) is 18.6 Å². The van der Waals surface area contributed by atoms with Crippen LogP contribution in [0.4, 0.5) is 0 Å². The predicted octanol–water partition coefficient (Wildman–Crippen LogP) is 1.49. The van der Waals surface area contributed by atoms with Crippen molar-refractivity contribution in [3.05, 3.63) is 0 Å². The Morgan fingerprint density at radius 3 is 2.56 bits per heavy atom. The molecule has 2 heteroatoms. The van der Waals surface area contributed by atoms with E-state index in [4.69, 9.17) is 0 Å². The smallest absolute Gasteiger partial charge is 0.0208 e. The van der Waals surface area contributed by atoms with Crippen LogP contribution in [0.2, 0.25) is 0 Å². The highest BCUT2D eigenvalue weighted by atomic mass is 32.2. The summed E-state index contributed by atoms with van der Waals surface area (Å²) < 4.78 is 0. The molecule has 0 aromatic heterocycles. The molecule has 1 N–H and O–H groups in total. The van der Waals surface area contributed by atoms with Crippen LogP contribution >= 0.6 is 11.8 Å². The number of hydrogen-bond acceptors (Lipinski definition) is 2. The Bertz CT molecular complexity index is 77.0. The van der Waals surface area contributed by atoms with E-state index in [-0.39, 0.29) is 0 Å². The average Bonchev–Trinajstić information content (AvgIpc) is 1.78. The maximum absolute atomic E-state index is 3.33. The Kier molecular flexibility index (Phi) is 2.86. The summed E-state index contributed by atoms with van der Waals surface area (Å²) in [6, 6.07) is 0.767. The summed E-state index contributed by atoms with van der Waals surface area (Å²) in [5.74, 6) is 1.38. The zero-order valence-corrected chi connectivity index (χ0v) is 7.00. The number of hydrogen-bond donors (Lipinski definition) is 1. The van der Waals surface area contributed by atoms with Crippen molar-refractivity contribution in [2.75, 3.05) is 12.8 Å². The Balaban J connectivity index is 2.19. The van der Waals surface area contributed by atoms with E-state index < -0.39 is 0 Å². The molecule has 1 aliphatic rings. The highest BCUT2D eigenvalue weighted by Gasteiger charge is 2.24. The first-order valence-electron chi connectivity index (χ1n) is 3.67. The molecule has 0 aromatic rings. The first-order chi connectivity index (χ1) is 4.38. The molecule has 0 aliphatic carbocycles. The molecule has 1 fully saturated rings. The second kappa shape index (κ2) is 3.47. The first kappa shape index (κ1) is 7.42. The molecule has 1 nitrogen and oxygen atoms in total. The fraction of sp³-hybridized carbons (Fsp3) is 1.00. The third-order valence-corrected chi connectivity index (χ3v) is 3.46. The third-order valence-electron chi connectivity index (χ3n) is 1.99. The van der Waals surface area contributed by atoms with Gasteiger partial charge in [0, 0.05) is 11.3 Å². The van der Waals surface area contributed by atoms with Gasteiger partial charge in [-0.1, -0.05) is 6.92 Å². The van der Waals surface area contributed by atoms with Crippen LogP contribution in [0.3, 0.4) is 0 Å². The fourth-order valence-corrected chi connectivity index (χ4v) is 2.29. The minimum absolute atomic E-state index is 0.767. The second-order valence-corrected chi connectivity index (χ2v) is 3.85. The summed E-state index contributed by atoms with van der Waals surface area (Å²) in [5.41, 5.74) is 0. The van der Waals surface area contributed by atoms with Crippen LogP contribution < -0.4 is 5.32 Å². The summed E-state index contributed by atoms with van der Waals surface area (Å²) in [4.78, 5) is 0. The van der Waals surface area contributed by atoms with Crippen molar-refractivity contribution in [2.24, 2.45) is 0 Å². The highest BCUT2D eigenvalue weighted by molar-refractivity contribution is 8.01. The van der Waals surface area contributed by atoms with Gasteiger partial charge in [-0.05, 0) is 25.6 Å². The summed E-state index contributed by atoms with van der Waals surface area (Å²) in [6.45, 7) is 2.25. The average molecular weight is 145 g/mol. The van der Waals surface area contributed by atoms with Gasteiger partial charge in [0.1, 0.15) is 0 Å². The Hall–Kier alpha value is 0.310. The topological polar surface area (TPSA) is 12.0 Å². The van der Waals surface area contributed by atoms with Gasteiger partial charge in [0.2, 0.25) is 0 Å². The quantitative estimate of drug-likeness (QED) is 0.645. The first-order valence-corrected chi connectivity index (χ1v) is 4.72. The standard InChI is InChI=1S/C7H15NS/c1-3-6(8-2)7-4-5-9-7/h6-8H,3-5H2,1-2H3. The molecule has 0 amide bonds. The van der Waals surface area contributed by atoms with Gasteiger partial charge >= 0.3 is 0 Å². The number of nitrogens with one attached hydrogen (secondary N) is 1. The van der Waals surface area contributed by atoms with E-state index in [2.05, 4.69) is 31.1 Å². The normalized spacial score (nSPS) is 29.3. The molecule has 0 bridgehead atoms. The van der Waals surface area contributed by atoms with Crippen molar-refractivity contribution in [3.8, 4) is 0 Å². The van der Waals surface area contributed by atoms with Crippen LogP contribution in [0.15, 0.2) is 0 Å². The monoisotopic (exact) mass is 145 g/mol. The predicted molar refractivity (Wildman–Crippen MR) is 44.0 cm³/mol. The zero-order chi connectivity index (χ0) is 6.69. The highest BCUT2D eigenvalue weighted by Crippen LogP contribution is 2.31. The lowest BCUT2D eigenvalue weighted by atomic mass is 10.1. The van der Waals surface area contributed by atoms with Crippen molar-refractivity contribution in [2.45, 2.75) is 31.1 Å². The van der Waals surface area contributed by atoms with Crippen molar-refractivity contribution in [3.63, 3.8) is 0 Å². The molecule has 0 saturated carbocycles. The van der Waals surface area contributed by atoms with E-state index in [9.17, 15) is 0 Å². The molecule has 1 aliphatic heterocycles. The lowest BCUT2D eigenvalue weighted by Gasteiger charge is -2.32. The lowest BCUT2D eigenvalue weighted by molar-refractivity contribution is 0.502. The molecule has 2 unspecified atom stereocenters. The van der Waals surface area contributed by atoms with Gasteiger partial charge in [-0.15, -0.1) is 0 Å². The largest absolute Gasteiger partial charge is 0.316 e. The van der Waals surface area contributed by atoms with Gasteiger partial charge in [-0.25, -0.2) is 0 Å². The van der Waals surface area contributed by atoms with Gasteiger partial charge in [0.05, 0.1) is 0 Å². The van der Waals surface area contributed by atoms with Crippen molar-refractivity contribution < 1.29 is 0 Å². The van der Waals surface area contributed by atoms with Crippen LogP contribution in [0, 0.1) is 0 Å². The van der Waals surface area contributed by atoms with Gasteiger partial charge < -0.3 is 5.32 Å². The van der Waals surface area contributed by atoms with E-state index in [0.717, 1.165) is 11.3 Å². The summed E-state index contributed by atoms with van der Waals surface area (Å²) in [7, 11) is 2.06. The van der Waals surface area contributed by atoms with Crippen LogP contribution in [-0.4, -0.2) is 24.1 Å². The molecule has 0 aromatic carbocycles. The molecule has 1 saturated heterocycles. The maximum Gasteiger partial charge on any atom is 0.0208 e. The minimum Gasteiger partial charge on any atom is -0.316 e. The van der Waals surface area contributed by atoms with Crippen molar-refractivity contribution >= 4 is 11.8 Å². The molecule has 54 valence electrons. The molecule has 0 radical (unpaired) electrons. The molecular weight excluding hydrogens is 130 g/mol. The fourth-order valence-electron chi connectivity index (χ4n) is 1.22. The minimum atomic E-state index is 0.767. The molecular formula is C7H15NS. The Morgan fingerprint density at radius 2 is 2.44 bits per heavy atom. The van der Waals surface area contributed by atoms with Gasteiger partial charge in [0.25, 0.3) is 0 Å². The number of rotatable bonds is 3. The van der Waals surface area contributed by atoms with E-state index in [0.29, 0.717) is 0 Å².